The number of anilines is 1. The molecule has 18 heteroatoms. The van der Waals surface area contributed by atoms with Crippen molar-refractivity contribution in [3.05, 3.63) is 32.2 Å². The molecule has 1 aromatic heterocycles. The Morgan fingerprint density at radius 2 is 1.62 bits per heavy atom. The van der Waals surface area contributed by atoms with Crippen molar-refractivity contribution < 1.29 is 58.9 Å². The van der Waals surface area contributed by atoms with Gasteiger partial charge in [0.15, 0.2) is 11.6 Å². The fourth-order valence-corrected chi connectivity index (χ4v) is 4.91. The van der Waals surface area contributed by atoms with Gasteiger partial charge in [-0.05, 0) is 12.8 Å². The van der Waals surface area contributed by atoms with Crippen LogP contribution in [0.1, 0.15) is 30.9 Å². The van der Waals surface area contributed by atoms with E-state index in [9.17, 15) is 59.3 Å². The quantitative estimate of drug-likeness (QED) is 0.452. The van der Waals surface area contributed by atoms with Gasteiger partial charge in [-0.15, -0.1) is 0 Å². The van der Waals surface area contributed by atoms with Crippen molar-refractivity contribution in [2.24, 2.45) is 5.92 Å². The largest absolute Gasteiger partial charge is 0.492 e. The zero-order valence-corrected chi connectivity index (χ0v) is 19.5. The van der Waals surface area contributed by atoms with E-state index in [0.717, 1.165) is 11.7 Å². The predicted octanol–water partition coefficient (Wildman–Crippen LogP) is 3.10. The number of hydrogen-bond donors (Lipinski definition) is 3. The third-order valence-corrected chi connectivity index (χ3v) is 6.93. The summed E-state index contributed by atoms with van der Waals surface area (Å²) in [5, 5.41) is 18.5. The second-order valence-corrected chi connectivity index (χ2v) is 9.29. The van der Waals surface area contributed by atoms with Gasteiger partial charge in [0, 0.05) is 25.0 Å². The Labute approximate surface area is 210 Å². The number of halogens is 10. The van der Waals surface area contributed by atoms with Gasteiger partial charge >= 0.3 is 18.0 Å². The summed E-state index contributed by atoms with van der Waals surface area (Å²) in [5.74, 6) is -5.35. The van der Waals surface area contributed by atoms with Crippen molar-refractivity contribution in [3.63, 3.8) is 0 Å². The number of fused-ring (bicyclic) bond motifs is 1. The minimum absolute atomic E-state index is 0.332. The van der Waals surface area contributed by atoms with E-state index in [4.69, 9.17) is 4.74 Å². The average Bonchev–Trinajstić information content (AvgIpc) is 3.56. The maximum atomic E-state index is 15.6. The molecule has 4 rings (SSSR count). The van der Waals surface area contributed by atoms with Crippen molar-refractivity contribution in [2.45, 2.75) is 55.5 Å². The van der Waals surface area contributed by atoms with Gasteiger partial charge in [-0.2, -0.15) is 26.3 Å². The standard InChI is InChI=1S/C21H19F10N3O5/c1-39-14-12-10(17(36)32-18(37)34(12)6-2-3-6)9(16(24)25)11(23)13(14)33-4-7(8(22)5-33)15(35)19(38,20(26,27)28)21(29,30)31/h6-8,15-16,35,38H,2-5H2,1H3,(H,32,36,37). The summed E-state index contributed by atoms with van der Waals surface area (Å²) in [6.45, 7) is -2.57. The number of benzene rings is 1. The Morgan fingerprint density at radius 3 is 2.08 bits per heavy atom. The first-order valence-electron chi connectivity index (χ1n) is 11.2. The smallest absolute Gasteiger partial charge is 0.428 e. The lowest BCUT2D eigenvalue weighted by Gasteiger charge is -2.38. The van der Waals surface area contributed by atoms with Gasteiger partial charge in [-0.25, -0.2) is 22.4 Å². The van der Waals surface area contributed by atoms with Gasteiger partial charge in [-0.1, -0.05) is 0 Å². The molecule has 1 saturated heterocycles. The number of ether oxygens (including phenoxy) is 1. The number of nitrogens with one attached hydrogen (secondary N) is 1. The first-order valence-corrected chi connectivity index (χ1v) is 11.2. The number of rotatable bonds is 6. The van der Waals surface area contributed by atoms with E-state index in [2.05, 4.69) is 0 Å². The summed E-state index contributed by atoms with van der Waals surface area (Å²) >= 11 is 0. The average molecular weight is 583 g/mol. The Kier molecular flexibility index (Phi) is 6.89. The Balaban J connectivity index is 1.94. The normalized spacial score (nSPS) is 21.7. The van der Waals surface area contributed by atoms with Crippen LogP contribution in [0.2, 0.25) is 0 Å². The van der Waals surface area contributed by atoms with E-state index < -0.39 is 107 Å². The number of aliphatic hydroxyl groups is 2. The fourth-order valence-electron chi connectivity index (χ4n) is 4.91. The highest BCUT2D eigenvalue weighted by Crippen LogP contribution is 2.51. The van der Waals surface area contributed by atoms with Crippen LogP contribution in [0.15, 0.2) is 9.59 Å². The van der Waals surface area contributed by atoms with Crippen LogP contribution in [-0.2, 0) is 0 Å². The molecule has 0 amide bonds. The predicted molar refractivity (Wildman–Crippen MR) is 112 cm³/mol. The van der Waals surface area contributed by atoms with Crippen LogP contribution in [-0.4, -0.2) is 70.2 Å². The Morgan fingerprint density at radius 1 is 1.05 bits per heavy atom. The molecule has 2 aromatic rings. The zero-order chi connectivity index (χ0) is 29.4. The Hall–Kier alpha value is -3.02. The number of H-pyrrole nitrogens is 1. The Bertz CT molecular complexity index is 1380. The van der Waals surface area contributed by atoms with Crippen LogP contribution in [0.25, 0.3) is 10.9 Å². The van der Waals surface area contributed by atoms with Gasteiger partial charge in [0.05, 0.1) is 18.1 Å². The zero-order valence-electron chi connectivity index (χ0n) is 19.5. The molecule has 0 bridgehead atoms. The van der Waals surface area contributed by atoms with Gasteiger partial charge in [-0.3, -0.25) is 14.3 Å². The van der Waals surface area contributed by atoms with Crippen LogP contribution in [0.5, 0.6) is 5.75 Å². The van der Waals surface area contributed by atoms with E-state index in [1.54, 1.807) is 4.98 Å². The number of aromatic nitrogens is 2. The summed E-state index contributed by atoms with van der Waals surface area (Å²) in [6.07, 6.45) is -22.7. The van der Waals surface area contributed by atoms with E-state index in [0.29, 0.717) is 17.7 Å². The van der Waals surface area contributed by atoms with Crippen LogP contribution in [0, 0.1) is 11.7 Å². The van der Waals surface area contributed by atoms with Crippen LogP contribution in [0.3, 0.4) is 0 Å². The summed E-state index contributed by atoms with van der Waals surface area (Å²) in [7, 11) is 0.851. The summed E-state index contributed by atoms with van der Waals surface area (Å²) in [4.78, 5) is 27.2. The molecule has 3 unspecified atom stereocenters. The van der Waals surface area contributed by atoms with Gasteiger partial charge in [0.2, 0.25) is 0 Å². The summed E-state index contributed by atoms with van der Waals surface area (Å²) in [5.41, 5.74) is -11.6. The molecule has 2 aliphatic rings. The molecular weight excluding hydrogens is 564 g/mol. The van der Waals surface area contributed by atoms with Gasteiger partial charge in [0.1, 0.15) is 23.5 Å². The molecular formula is C21H19F10N3O5. The van der Waals surface area contributed by atoms with Crippen molar-refractivity contribution in [2.75, 3.05) is 25.1 Å². The van der Waals surface area contributed by atoms with E-state index in [1.807, 2.05) is 0 Å². The number of methoxy groups -OCH3 is 1. The topological polar surface area (TPSA) is 108 Å². The maximum Gasteiger partial charge on any atom is 0.428 e. The summed E-state index contributed by atoms with van der Waals surface area (Å²) < 4.78 is 144. The maximum absolute atomic E-state index is 15.6. The van der Waals surface area contributed by atoms with E-state index in [1.165, 1.54) is 0 Å². The lowest BCUT2D eigenvalue weighted by molar-refractivity contribution is -0.396. The minimum atomic E-state index is -6.52. The molecule has 2 fully saturated rings. The van der Waals surface area contributed by atoms with E-state index >= 15 is 4.39 Å². The van der Waals surface area contributed by atoms with Crippen molar-refractivity contribution in [3.8, 4) is 5.75 Å². The molecule has 1 saturated carbocycles. The van der Waals surface area contributed by atoms with Crippen LogP contribution >= 0.6 is 0 Å². The number of alkyl halides is 9. The van der Waals surface area contributed by atoms with Crippen LogP contribution < -0.4 is 20.9 Å². The first kappa shape index (κ1) is 29.0. The second kappa shape index (κ2) is 9.28. The molecule has 3 N–H and O–H groups in total. The number of hydrogen-bond acceptors (Lipinski definition) is 6. The second-order valence-electron chi connectivity index (χ2n) is 9.29. The highest BCUT2D eigenvalue weighted by Gasteiger charge is 2.75. The summed E-state index contributed by atoms with van der Waals surface area (Å²) in [6, 6.07) is -0.648. The molecule has 1 aliphatic heterocycles. The molecule has 0 radical (unpaired) electrons. The number of aliphatic hydroxyl groups excluding tert-OH is 1. The van der Waals surface area contributed by atoms with Crippen LogP contribution in [0.4, 0.5) is 49.6 Å². The van der Waals surface area contributed by atoms with Crippen molar-refractivity contribution >= 4 is 16.6 Å². The molecule has 2 heterocycles. The molecule has 3 atom stereocenters. The lowest BCUT2D eigenvalue weighted by atomic mass is 9.84. The molecule has 218 valence electrons. The number of nitrogens with zero attached hydrogens (tertiary/aromatic N) is 2. The number of aromatic amines is 1. The first-order chi connectivity index (χ1) is 17.9. The minimum Gasteiger partial charge on any atom is -0.492 e. The highest BCUT2D eigenvalue weighted by atomic mass is 19.4. The van der Waals surface area contributed by atoms with Crippen molar-refractivity contribution in [1.29, 1.82) is 0 Å². The molecule has 39 heavy (non-hydrogen) atoms. The molecule has 1 aliphatic carbocycles. The van der Waals surface area contributed by atoms with Gasteiger partial charge in [0.25, 0.3) is 17.6 Å². The van der Waals surface area contributed by atoms with Crippen molar-refractivity contribution in [1.82, 2.24) is 9.55 Å². The lowest BCUT2D eigenvalue weighted by Crippen LogP contribution is -2.66. The third kappa shape index (κ3) is 4.31. The molecule has 1 aromatic carbocycles. The highest BCUT2D eigenvalue weighted by molar-refractivity contribution is 5.94. The molecule has 0 spiro atoms. The van der Waals surface area contributed by atoms with E-state index in [-0.39, 0.29) is 0 Å². The molecule has 8 nitrogen and oxygen atoms in total. The SMILES string of the molecule is COc1c(N2CC(F)C(C(O)C(O)(C(F)(F)F)C(F)(F)F)C2)c(F)c(C(F)F)c2c(=O)[nH]c(=O)n(C3CC3)c12. The van der Waals surface area contributed by atoms with Gasteiger partial charge < -0.3 is 19.8 Å². The monoisotopic (exact) mass is 583 g/mol. The third-order valence-electron chi connectivity index (χ3n) is 6.93. The fraction of sp³-hybridized carbons (Fsp3) is 0.619.